The molecular formula is C25H25F2IN4O5S. The fourth-order valence-electron chi connectivity index (χ4n) is 3.43. The number of amides is 1. The summed E-state index contributed by atoms with van der Waals surface area (Å²) in [5, 5.41) is 11.7. The van der Waals surface area contributed by atoms with Gasteiger partial charge in [-0.15, -0.1) is 0 Å². The molecule has 1 fully saturated rings. The highest BCUT2D eigenvalue weighted by molar-refractivity contribution is 14.1. The molecule has 1 heterocycles. The summed E-state index contributed by atoms with van der Waals surface area (Å²) in [6.45, 7) is -0.113. The van der Waals surface area contributed by atoms with Gasteiger partial charge in [0.25, 0.3) is 5.91 Å². The molecule has 1 saturated carbocycles. The molecule has 9 nitrogen and oxygen atoms in total. The second-order valence-electron chi connectivity index (χ2n) is 8.70. The first-order valence-electron chi connectivity index (χ1n) is 11.7. The van der Waals surface area contributed by atoms with Crippen LogP contribution >= 0.6 is 22.6 Å². The number of sulfonamides is 1. The minimum Gasteiger partial charge on any atom is -0.396 e. The van der Waals surface area contributed by atoms with E-state index in [0.717, 1.165) is 28.0 Å². The maximum absolute atomic E-state index is 15.3. The summed E-state index contributed by atoms with van der Waals surface area (Å²) in [6, 6.07) is 10.6. The Morgan fingerprint density at radius 1 is 1.13 bits per heavy atom. The number of nitrogens with one attached hydrogen (secondary N) is 3. The van der Waals surface area contributed by atoms with Gasteiger partial charge in [-0.3, -0.25) is 14.6 Å². The average molecular weight is 658 g/mol. The van der Waals surface area contributed by atoms with E-state index in [1.165, 1.54) is 6.20 Å². The van der Waals surface area contributed by atoms with Gasteiger partial charge in [0, 0.05) is 22.1 Å². The summed E-state index contributed by atoms with van der Waals surface area (Å²) < 4.78 is 59.5. The Morgan fingerprint density at radius 3 is 2.50 bits per heavy atom. The summed E-state index contributed by atoms with van der Waals surface area (Å²) in [5.74, 6) is -3.80. The van der Waals surface area contributed by atoms with Gasteiger partial charge >= 0.3 is 0 Å². The molecule has 0 saturated heterocycles. The molecule has 0 aliphatic heterocycles. The molecule has 0 bridgehead atoms. The average Bonchev–Trinajstić information content (AvgIpc) is 3.72. The Labute approximate surface area is 232 Å². The Morgan fingerprint density at radius 2 is 1.87 bits per heavy atom. The number of pyridine rings is 1. The second-order valence-corrected chi connectivity index (χ2v) is 11.7. The molecule has 1 amide bonds. The molecule has 2 aromatic carbocycles. The highest BCUT2D eigenvalue weighted by Crippen LogP contribution is 2.32. The predicted molar refractivity (Wildman–Crippen MR) is 144 cm³/mol. The Kier molecular flexibility index (Phi) is 9.25. The van der Waals surface area contributed by atoms with E-state index in [2.05, 4.69) is 43.1 Å². The molecule has 4 rings (SSSR count). The Bertz CT molecular complexity index is 1400. The number of nitrogens with zero attached hydrogens (tertiary/aromatic N) is 1. The lowest BCUT2D eigenvalue weighted by Crippen LogP contribution is -2.28. The van der Waals surface area contributed by atoms with Crippen molar-refractivity contribution in [1.82, 2.24) is 15.2 Å². The molecule has 1 aromatic heterocycles. The van der Waals surface area contributed by atoms with E-state index in [4.69, 9.17) is 9.94 Å². The third-order valence-corrected chi connectivity index (χ3v) is 7.85. The predicted octanol–water partition coefficient (Wildman–Crippen LogP) is 3.79. The van der Waals surface area contributed by atoms with Crippen molar-refractivity contribution in [3.8, 4) is 0 Å². The van der Waals surface area contributed by atoms with Crippen molar-refractivity contribution in [2.45, 2.75) is 30.7 Å². The zero-order valence-electron chi connectivity index (χ0n) is 20.0. The SMILES string of the molecule is O=C(NOCC1CC1)c1cc(S(=O)(=O)NCc2ccc(CCO)cn2)c(F)c(F)c1Nc1ccc(I)cc1. The molecule has 0 spiro atoms. The van der Waals surface area contributed by atoms with Crippen molar-refractivity contribution in [2.75, 3.05) is 18.5 Å². The van der Waals surface area contributed by atoms with Crippen LogP contribution in [0.3, 0.4) is 0 Å². The number of aromatic nitrogens is 1. The quantitative estimate of drug-likeness (QED) is 0.172. The number of rotatable bonds is 12. The number of anilines is 2. The lowest BCUT2D eigenvalue weighted by atomic mass is 10.1. The normalized spacial score (nSPS) is 13.4. The minimum atomic E-state index is -4.60. The van der Waals surface area contributed by atoms with E-state index in [0.29, 0.717) is 23.7 Å². The van der Waals surface area contributed by atoms with Crippen molar-refractivity contribution in [3.05, 3.63) is 80.7 Å². The molecule has 3 aromatic rings. The number of benzene rings is 2. The van der Waals surface area contributed by atoms with Gasteiger partial charge in [0.1, 0.15) is 4.90 Å². The van der Waals surface area contributed by atoms with Crippen LogP contribution in [0.2, 0.25) is 0 Å². The van der Waals surface area contributed by atoms with Crippen molar-refractivity contribution in [3.63, 3.8) is 0 Å². The standard InChI is InChI=1S/C25H25F2IN4O5S/c26-22-21(38(35,36)30-13-19-6-3-15(9-10-33)12-29-19)11-20(25(34)32-37-14-16-1-2-16)24(23(22)27)31-18-7-4-17(28)5-8-18/h3-8,11-12,16,30-31,33H,1-2,9-10,13-14H2,(H,32,34). The van der Waals surface area contributed by atoms with Crippen LogP contribution in [0.15, 0.2) is 53.6 Å². The van der Waals surface area contributed by atoms with E-state index in [1.807, 2.05) is 0 Å². The largest absolute Gasteiger partial charge is 0.396 e. The van der Waals surface area contributed by atoms with Crippen LogP contribution in [-0.2, 0) is 27.8 Å². The van der Waals surface area contributed by atoms with E-state index in [9.17, 15) is 13.2 Å². The molecule has 38 heavy (non-hydrogen) atoms. The molecule has 0 unspecified atom stereocenters. The number of hydrogen-bond acceptors (Lipinski definition) is 7. The number of hydroxylamine groups is 1. The molecule has 1 aliphatic rings. The fourth-order valence-corrected chi connectivity index (χ4v) is 4.88. The zero-order valence-corrected chi connectivity index (χ0v) is 23.0. The Balaban J connectivity index is 1.62. The number of halogens is 3. The topological polar surface area (TPSA) is 130 Å². The first-order valence-corrected chi connectivity index (χ1v) is 14.2. The summed E-state index contributed by atoms with van der Waals surface area (Å²) in [4.78, 5) is 21.2. The fraction of sp³-hybridized carbons (Fsp3) is 0.280. The molecule has 0 radical (unpaired) electrons. The highest BCUT2D eigenvalue weighted by Gasteiger charge is 2.30. The third kappa shape index (κ3) is 7.22. The first kappa shape index (κ1) is 28.3. The molecule has 0 atom stereocenters. The van der Waals surface area contributed by atoms with Gasteiger partial charge in [-0.1, -0.05) is 6.07 Å². The van der Waals surface area contributed by atoms with Crippen molar-refractivity contribution < 1.29 is 31.9 Å². The van der Waals surface area contributed by atoms with E-state index >= 15 is 8.78 Å². The van der Waals surface area contributed by atoms with Crippen LogP contribution in [0.1, 0.15) is 34.5 Å². The summed E-state index contributed by atoms with van der Waals surface area (Å²) in [7, 11) is -4.60. The molecular weight excluding hydrogens is 633 g/mol. The van der Waals surface area contributed by atoms with Gasteiger partial charge in [0.2, 0.25) is 10.0 Å². The van der Waals surface area contributed by atoms with Crippen LogP contribution < -0.4 is 15.5 Å². The maximum Gasteiger partial charge on any atom is 0.277 e. The number of aliphatic hydroxyl groups is 1. The number of hydrogen-bond donors (Lipinski definition) is 4. The highest BCUT2D eigenvalue weighted by atomic mass is 127. The smallest absolute Gasteiger partial charge is 0.277 e. The van der Waals surface area contributed by atoms with Gasteiger partial charge in [0.15, 0.2) is 11.6 Å². The van der Waals surface area contributed by atoms with Gasteiger partial charge < -0.3 is 10.4 Å². The first-order chi connectivity index (χ1) is 18.2. The summed E-state index contributed by atoms with van der Waals surface area (Å²) in [5.41, 5.74) is 2.64. The summed E-state index contributed by atoms with van der Waals surface area (Å²) in [6.07, 6.45) is 3.80. The van der Waals surface area contributed by atoms with Gasteiger partial charge in [0.05, 0.1) is 30.1 Å². The van der Waals surface area contributed by atoms with Crippen LogP contribution in [-0.4, -0.2) is 37.6 Å². The zero-order chi connectivity index (χ0) is 27.3. The number of carbonyl (C=O) groups is 1. The van der Waals surface area contributed by atoms with E-state index < -0.39 is 43.7 Å². The van der Waals surface area contributed by atoms with Crippen molar-refractivity contribution >= 4 is 49.9 Å². The summed E-state index contributed by atoms with van der Waals surface area (Å²) >= 11 is 2.08. The maximum atomic E-state index is 15.3. The number of aliphatic hydroxyl groups excluding tert-OH is 1. The molecule has 4 N–H and O–H groups in total. The lowest BCUT2D eigenvalue weighted by Gasteiger charge is -2.17. The van der Waals surface area contributed by atoms with Crippen molar-refractivity contribution in [2.24, 2.45) is 5.92 Å². The van der Waals surface area contributed by atoms with E-state index in [1.54, 1.807) is 36.4 Å². The second kappa shape index (κ2) is 12.4. The monoisotopic (exact) mass is 658 g/mol. The minimum absolute atomic E-state index is 0.0611. The molecule has 1 aliphatic carbocycles. The van der Waals surface area contributed by atoms with Crippen molar-refractivity contribution in [1.29, 1.82) is 0 Å². The lowest BCUT2D eigenvalue weighted by molar-refractivity contribution is 0.0270. The molecule has 202 valence electrons. The van der Waals surface area contributed by atoms with Gasteiger partial charge in [-0.2, -0.15) is 0 Å². The third-order valence-electron chi connectivity index (χ3n) is 5.73. The Hall–Kier alpha value is -2.72. The van der Waals surface area contributed by atoms with Gasteiger partial charge in [-0.25, -0.2) is 27.4 Å². The van der Waals surface area contributed by atoms with Crippen LogP contribution in [0, 0.1) is 21.1 Å². The van der Waals surface area contributed by atoms with Gasteiger partial charge in [-0.05, 0) is 89.7 Å². The van der Waals surface area contributed by atoms with Crippen LogP contribution in [0.5, 0.6) is 0 Å². The van der Waals surface area contributed by atoms with E-state index in [-0.39, 0.29) is 19.8 Å². The van der Waals surface area contributed by atoms with Crippen LogP contribution in [0.25, 0.3) is 0 Å². The number of carbonyl (C=O) groups excluding carboxylic acids is 1. The van der Waals surface area contributed by atoms with Crippen LogP contribution in [0.4, 0.5) is 20.2 Å². The molecule has 13 heteroatoms.